The van der Waals surface area contributed by atoms with Crippen LogP contribution >= 0.6 is 0 Å². The number of sulfonamides is 1. The normalized spacial score (nSPS) is 16.8. The molecule has 1 aromatic rings. The number of carbonyl (C=O) groups is 2. The van der Waals surface area contributed by atoms with Crippen LogP contribution in [0.1, 0.15) is 54.4 Å². The van der Waals surface area contributed by atoms with Crippen molar-refractivity contribution in [1.29, 1.82) is 0 Å². The minimum absolute atomic E-state index is 0.00345. The van der Waals surface area contributed by atoms with E-state index in [2.05, 4.69) is 5.32 Å². The molecule has 0 aliphatic carbocycles. The molecule has 9 nitrogen and oxygen atoms in total. The van der Waals surface area contributed by atoms with Gasteiger partial charge < -0.3 is 14.8 Å². The summed E-state index contributed by atoms with van der Waals surface area (Å²) in [6.45, 7) is 12.0. The van der Waals surface area contributed by atoms with E-state index >= 15 is 0 Å². The van der Waals surface area contributed by atoms with Gasteiger partial charge in [0.25, 0.3) is 0 Å². The number of amides is 2. The van der Waals surface area contributed by atoms with E-state index in [9.17, 15) is 18.0 Å². The molecule has 0 bridgehead atoms. The first-order valence-corrected chi connectivity index (χ1v) is 12.5. The number of hydrogen-bond acceptors (Lipinski definition) is 6. The van der Waals surface area contributed by atoms with E-state index in [1.165, 1.54) is 21.3 Å². The highest BCUT2D eigenvalue weighted by molar-refractivity contribution is 7.89. The van der Waals surface area contributed by atoms with Crippen LogP contribution in [0.5, 0.6) is 5.75 Å². The Bertz CT molecular complexity index is 922. The highest BCUT2D eigenvalue weighted by Crippen LogP contribution is 2.31. The van der Waals surface area contributed by atoms with Gasteiger partial charge in [-0.3, -0.25) is 9.69 Å². The number of rotatable bonds is 8. The number of benzene rings is 1. The first-order chi connectivity index (χ1) is 14.9. The second kappa shape index (κ2) is 10.5. The third-order valence-electron chi connectivity index (χ3n) is 5.02. The van der Waals surface area contributed by atoms with Gasteiger partial charge in [0.1, 0.15) is 22.3 Å². The van der Waals surface area contributed by atoms with E-state index in [-0.39, 0.29) is 16.6 Å². The third-order valence-corrected chi connectivity index (χ3v) is 7.09. The fraction of sp³-hybridized carbons (Fsp3) is 0.636. The zero-order valence-electron chi connectivity index (χ0n) is 19.8. The Balaban J connectivity index is 2.29. The van der Waals surface area contributed by atoms with E-state index < -0.39 is 27.8 Å². The topological polar surface area (TPSA) is 105 Å². The fourth-order valence-electron chi connectivity index (χ4n) is 3.57. The molecule has 1 N–H and O–H groups in total. The molecule has 10 heteroatoms. The number of hydrogen-bond donors (Lipinski definition) is 1. The Morgan fingerprint density at radius 2 is 1.84 bits per heavy atom. The van der Waals surface area contributed by atoms with Crippen LogP contribution in [-0.2, 0) is 19.6 Å². The van der Waals surface area contributed by atoms with Crippen molar-refractivity contribution >= 4 is 27.7 Å². The van der Waals surface area contributed by atoms with E-state index in [4.69, 9.17) is 9.47 Å². The van der Waals surface area contributed by atoms with Crippen LogP contribution in [0.2, 0.25) is 0 Å². The number of ether oxygens (including phenoxy) is 2. The van der Waals surface area contributed by atoms with Gasteiger partial charge in [0.2, 0.25) is 15.9 Å². The van der Waals surface area contributed by atoms with Gasteiger partial charge in [-0.05, 0) is 58.7 Å². The monoisotopic (exact) mass is 469 g/mol. The average molecular weight is 470 g/mol. The summed E-state index contributed by atoms with van der Waals surface area (Å²) in [4.78, 5) is 26.9. The zero-order chi connectivity index (χ0) is 24.1. The Kier molecular flexibility index (Phi) is 8.53. The number of carbonyl (C=O) groups excluding carboxylic acids is 2. The van der Waals surface area contributed by atoms with Crippen molar-refractivity contribution in [2.75, 3.05) is 31.6 Å². The van der Waals surface area contributed by atoms with Gasteiger partial charge in [0.15, 0.2) is 0 Å². The summed E-state index contributed by atoms with van der Waals surface area (Å²) < 4.78 is 38.5. The molecule has 32 heavy (non-hydrogen) atoms. The lowest BCUT2D eigenvalue weighted by molar-refractivity contribution is -0.120. The molecule has 1 atom stereocenters. The second-order valence-corrected chi connectivity index (χ2v) is 10.4. The van der Waals surface area contributed by atoms with Crippen LogP contribution in [-0.4, -0.2) is 67.5 Å². The Hall–Kier alpha value is -2.33. The summed E-state index contributed by atoms with van der Waals surface area (Å²) in [5, 5.41) is 2.76. The Labute approximate surface area is 191 Å². The van der Waals surface area contributed by atoms with Crippen LogP contribution in [0.15, 0.2) is 23.1 Å². The zero-order valence-corrected chi connectivity index (χ0v) is 20.6. The minimum atomic E-state index is -3.80. The maximum atomic E-state index is 13.1. The fourth-order valence-corrected chi connectivity index (χ4v) is 5.18. The number of nitrogens with zero attached hydrogens (tertiary/aromatic N) is 2. The van der Waals surface area contributed by atoms with Crippen molar-refractivity contribution in [3.63, 3.8) is 0 Å². The van der Waals surface area contributed by atoms with Crippen molar-refractivity contribution in [2.24, 2.45) is 0 Å². The summed E-state index contributed by atoms with van der Waals surface area (Å²) in [7, 11) is -3.80. The Morgan fingerprint density at radius 1 is 1.19 bits per heavy atom. The lowest BCUT2D eigenvalue weighted by atomic mass is 10.2. The van der Waals surface area contributed by atoms with Crippen LogP contribution in [0.25, 0.3) is 0 Å². The van der Waals surface area contributed by atoms with Crippen LogP contribution in [0, 0.1) is 0 Å². The second-order valence-electron chi connectivity index (χ2n) is 8.50. The lowest BCUT2D eigenvalue weighted by Crippen LogP contribution is -2.45. The molecule has 0 aromatic heterocycles. The van der Waals surface area contributed by atoms with Crippen LogP contribution in [0.4, 0.5) is 10.5 Å². The van der Waals surface area contributed by atoms with Gasteiger partial charge in [-0.1, -0.05) is 13.8 Å². The van der Waals surface area contributed by atoms with Crippen LogP contribution in [0.3, 0.4) is 0 Å². The van der Waals surface area contributed by atoms with Gasteiger partial charge in [0, 0.05) is 25.3 Å². The molecule has 0 spiro atoms. The van der Waals surface area contributed by atoms with E-state index in [0.717, 1.165) is 0 Å². The predicted octanol–water partition coefficient (Wildman–Crippen LogP) is 3.45. The SMILES string of the molecule is CCOc1ccc(NC(=O)[C@@H]2CCCN2C(=O)OC(C)(C)C)cc1S(=O)(=O)N(CC)CC. The third kappa shape index (κ3) is 6.13. The molecule has 1 fully saturated rings. The van der Waals surface area contributed by atoms with E-state index in [1.54, 1.807) is 47.6 Å². The summed E-state index contributed by atoms with van der Waals surface area (Å²) in [5.74, 6) is -0.155. The largest absolute Gasteiger partial charge is 0.492 e. The minimum Gasteiger partial charge on any atom is -0.492 e. The smallest absolute Gasteiger partial charge is 0.410 e. The summed E-state index contributed by atoms with van der Waals surface area (Å²) >= 11 is 0. The number of anilines is 1. The van der Waals surface area contributed by atoms with Gasteiger partial charge in [0.05, 0.1) is 6.61 Å². The van der Waals surface area contributed by atoms with Crippen molar-refractivity contribution in [1.82, 2.24) is 9.21 Å². The summed E-state index contributed by atoms with van der Waals surface area (Å²) in [5.41, 5.74) is -0.344. The molecule has 180 valence electrons. The van der Waals surface area contributed by atoms with Gasteiger partial charge >= 0.3 is 6.09 Å². The first-order valence-electron chi connectivity index (χ1n) is 11.0. The quantitative estimate of drug-likeness (QED) is 0.625. The molecule has 0 saturated carbocycles. The standard InChI is InChI=1S/C22H35N3O6S/c1-7-24(8-2)32(28,29)19-15-16(12-13-18(19)30-9-3)23-20(26)17-11-10-14-25(17)21(27)31-22(4,5)6/h12-13,15,17H,7-11,14H2,1-6H3,(H,23,26)/t17-/m0/s1. The van der Waals surface area contributed by atoms with Crippen LogP contribution < -0.4 is 10.1 Å². The Morgan fingerprint density at radius 3 is 2.41 bits per heavy atom. The highest BCUT2D eigenvalue weighted by atomic mass is 32.2. The van der Waals surface area contributed by atoms with Crippen molar-refractivity contribution in [3.8, 4) is 5.75 Å². The molecule has 2 rings (SSSR count). The molecule has 0 radical (unpaired) electrons. The maximum Gasteiger partial charge on any atom is 0.410 e. The first kappa shape index (κ1) is 25.9. The van der Waals surface area contributed by atoms with E-state index in [0.29, 0.717) is 44.8 Å². The van der Waals surface area contributed by atoms with Crippen molar-refractivity contribution in [2.45, 2.75) is 70.9 Å². The lowest BCUT2D eigenvalue weighted by Gasteiger charge is -2.28. The summed E-state index contributed by atoms with van der Waals surface area (Å²) in [6.07, 6.45) is 0.654. The highest BCUT2D eigenvalue weighted by Gasteiger charge is 2.37. The molecule has 2 amide bonds. The maximum absolute atomic E-state index is 13.1. The molecule has 1 aliphatic heterocycles. The molecular weight excluding hydrogens is 434 g/mol. The molecule has 1 saturated heterocycles. The van der Waals surface area contributed by atoms with E-state index in [1.807, 2.05) is 0 Å². The molecule has 1 heterocycles. The van der Waals surface area contributed by atoms with Gasteiger partial charge in [-0.2, -0.15) is 4.31 Å². The number of likely N-dealkylation sites (tertiary alicyclic amines) is 1. The number of nitrogens with one attached hydrogen (secondary N) is 1. The van der Waals surface area contributed by atoms with Gasteiger partial charge in [-0.25, -0.2) is 13.2 Å². The molecule has 0 unspecified atom stereocenters. The molecule has 1 aliphatic rings. The predicted molar refractivity (Wildman–Crippen MR) is 122 cm³/mol. The van der Waals surface area contributed by atoms with Crippen molar-refractivity contribution < 1.29 is 27.5 Å². The molecule has 1 aromatic carbocycles. The average Bonchev–Trinajstić information content (AvgIpc) is 3.19. The molecular formula is C22H35N3O6S. The van der Waals surface area contributed by atoms with Gasteiger partial charge in [-0.15, -0.1) is 0 Å². The van der Waals surface area contributed by atoms with Crippen molar-refractivity contribution in [3.05, 3.63) is 18.2 Å². The summed E-state index contributed by atoms with van der Waals surface area (Å²) in [6, 6.07) is 3.86.